The van der Waals surface area contributed by atoms with E-state index in [9.17, 15) is 4.79 Å². The number of carbonyl (C=O) groups excluding carboxylic acids is 1. The summed E-state index contributed by atoms with van der Waals surface area (Å²) in [5.74, 6) is 1.68. The monoisotopic (exact) mass is 370 g/mol. The van der Waals surface area contributed by atoms with Gasteiger partial charge in [0.25, 0.3) is 0 Å². The molecule has 2 heterocycles. The van der Waals surface area contributed by atoms with Crippen LogP contribution >= 0.6 is 0 Å². The molecule has 1 aromatic carbocycles. The molecule has 1 N–H and O–H groups in total. The summed E-state index contributed by atoms with van der Waals surface area (Å²) < 4.78 is 10.3. The van der Waals surface area contributed by atoms with Gasteiger partial charge in [-0.3, -0.25) is 9.78 Å². The minimum atomic E-state index is -0.0202. The summed E-state index contributed by atoms with van der Waals surface area (Å²) >= 11 is 0. The van der Waals surface area contributed by atoms with Crippen LogP contribution in [0.1, 0.15) is 18.2 Å². The number of hydrogen-bond donors (Lipinski definition) is 1. The standard InChI is InChI=1S/C20H26N4O3/c1-14(13-26-2)22-20(25)16-11-24(12-16)19-10-21-9-17(23-19)7-15-5-4-6-18(8-15)27-3/h4-6,8-10,14,16H,7,11-13H2,1-3H3,(H,22,25). The fourth-order valence-electron chi connectivity index (χ4n) is 3.11. The number of hydrogen-bond acceptors (Lipinski definition) is 6. The predicted octanol–water partition coefficient (Wildman–Crippen LogP) is 1.66. The Morgan fingerprint density at radius 2 is 2.15 bits per heavy atom. The molecule has 0 aliphatic carbocycles. The van der Waals surface area contributed by atoms with Crippen LogP contribution in [-0.4, -0.2) is 55.8 Å². The molecule has 144 valence electrons. The zero-order valence-electron chi connectivity index (χ0n) is 16.0. The van der Waals surface area contributed by atoms with E-state index < -0.39 is 0 Å². The summed E-state index contributed by atoms with van der Waals surface area (Å²) in [5, 5.41) is 2.97. The van der Waals surface area contributed by atoms with Crippen molar-refractivity contribution in [2.75, 3.05) is 38.8 Å². The van der Waals surface area contributed by atoms with E-state index in [4.69, 9.17) is 14.5 Å². The number of nitrogens with zero attached hydrogens (tertiary/aromatic N) is 3. The minimum Gasteiger partial charge on any atom is -0.497 e. The van der Waals surface area contributed by atoms with E-state index >= 15 is 0 Å². The van der Waals surface area contributed by atoms with Crippen LogP contribution < -0.4 is 15.0 Å². The van der Waals surface area contributed by atoms with Gasteiger partial charge in [-0.25, -0.2) is 4.98 Å². The molecule has 1 aliphatic rings. The molecular formula is C20H26N4O3. The van der Waals surface area contributed by atoms with Crippen LogP contribution in [0.3, 0.4) is 0 Å². The lowest BCUT2D eigenvalue weighted by atomic mass is 9.99. The lowest BCUT2D eigenvalue weighted by Gasteiger charge is -2.39. The number of nitrogens with one attached hydrogen (secondary N) is 1. The summed E-state index contributed by atoms with van der Waals surface area (Å²) in [7, 11) is 3.29. The van der Waals surface area contributed by atoms with Crippen molar-refractivity contribution in [3.8, 4) is 5.75 Å². The molecule has 0 bridgehead atoms. The summed E-state index contributed by atoms with van der Waals surface area (Å²) in [6.45, 7) is 3.76. The zero-order valence-corrected chi connectivity index (χ0v) is 16.0. The third kappa shape index (κ3) is 4.95. The van der Waals surface area contributed by atoms with E-state index in [1.165, 1.54) is 0 Å². The van der Waals surface area contributed by atoms with Crippen molar-refractivity contribution in [1.82, 2.24) is 15.3 Å². The molecule has 1 aliphatic heterocycles. The number of rotatable bonds is 8. The van der Waals surface area contributed by atoms with E-state index in [0.717, 1.165) is 22.8 Å². The molecule has 1 aromatic heterocycles. The number of benzene rings is 1. The summed E-state index contributed by atoms with van der Waals surface area (Å²) in [6.07, 6.45) is 4.21. The van der Waals surface area contributed by atoms with Gasteiger partial charge < -0.3 is 19.7 Å². The normalized spacial score (nSPS) is 15.1. The number of methoxy groups -OCH3 is 2. The van der Waals surface area contributed by atoms with Crippen molar-refractivity contribution in [2.45, 2.75) is 19.4 Å². The molecule has 0 radical (unpaired) electrons. The summed E-state index contributed by atoms with van der Waals surface area (Å²) in [6, 6.07) is 7.95. The van der Waals surface area contributed by atoms with Crippen molar-refractivity contribution in [2.24, 2.45) is 5.92 Å². The van der Waals surface area contributed by atoms with Crippen LogP contribution in [0.2, 0.25) is 0 Å². The molecule has 1 fully saturated rings. The number of aromatic nitrogens is 2. The smallest absolute Gasteiger partial charge is 0.226 e. The fourth-order valence-corrected chi connectivity index (χ4v) is 3.11. The lowest BCUT2D eigenvalue weighted by molar-refractivity contribution is -0.126. The average molecular weight is 370 g/mol. The SMILES string of the molecule is COCC(C)NC(=O)C1CN(c2cncc(Cc3cccc(OC)c3)n2)C1. The highest BCUT2D eigenvalue weighted by atomic mass is 16.5. The third-order valence-corrected chi connectivity index (χ3v) is 4.57. The number of ether oxygens (including phenoxy) is 2. The number of anilines is 1. The van der Waals surface area contributed by atoms with Crippen LogP contribution in [0.5, 0.6) is 5.75 Å². The molecule has 3 rings (SSSR count). The summed E-state index contributed by atoms with van der Waals surface area (Å²) in [4.78, 5) is 23.3. The highest BCUT2D eigenvalue weighted by molar-refractivity contribution is 5.82. The van der Waals surface area contributed by atoms with Crippen molar-refractivity contribution < 1.29 is 14.3 Å². The van der Waals surface area contributed by atoms with Gasteiger partial charge in [0.05, 0.1) is 31.5 Å². The van der Waals surface area contributed by atoms with E-state index in [0.29, 0.717) is 26.1 Å². The van der Waals surface area contributed by atoms with Crippen molar-refractivity contribution >= 4 is 11.7 Å². The Hall–Kier alpha value is -2.67. The van der Waals surface area contributed by atoms with Crippen molar-refractivity contribution in [1.29, 1.82) is 0 Å². The van der Waals surface area contributed by atoms with Gasteiger partial charge in [-0.15, -0.1) is 0 Å². The van der Waals surface area contributed by atoms with Gasteiger partial charge in [0.15, 0.2) is 0 Å². The van der Waals surface area contributed by atoms with E-state index in [2.05, 4.69) is 15.2 Å². The van der Waals surface area contributed by atoms with Gasteiger partial charge in [-0.05, 0) is 24.6 Å². The highest BCUT2D eigenvalue weighted by Gasteiger charge is 2.34. The third-order valence-electron chi connectivity index (χ3n) is 4.57. The Kier molecular flexibility index (Phi) is 6.24. The molecule has 1 atom stereocenters. The fraction of sp³-hybridized carbons (Fsp3) is 0.450. The van der Waals surface area contributed by atoms with Crippen LogP contribution in [-0.2, 0) is 16.0 Å². The molecule has 0 spiro atoms. The van der Waals surface area contributed by atoms with Gasteiger partial charge in [-0.1, -0.05) is 12.1 Å². The molecule has 0 saturated carbocycles. The highest BCUT2D eigenvalue weighted by Crippen LogP contribution is 2.23. The first-order valence-electron chi connectivity index (χ1n) is 9.07. The Labute approximate surface area is 159 Å². The number of amides is 1. The largest absolute Gasteiger partial charge is 0.497 e. The van der Waals surface area contributed by atoms with Crippen LogP contribution in [0.15, 0.2) is 36.7 Å². The topological polar surface area (TPSA) is 76.6 Å². The quantitative estimate of drug-likeness (QED) is 0.762. The van der Waals surface area contributed by atoms with Gasteiger partial charge in [0.1, 0.15) is 11.6 Å². The Morgan fingerprint density at radius 3 is 2.89 bits per heavy atom. The van der Waals surface area contributed by atoms with Gasteiger partial charge in [0, 0.05) is 38.9 Å². The molecule has 2 aromatic rings. The molecule has 1 saturated heterocycles. The maximum absolute atomic E-state index is 12.2. The Morgan fingerprint density at radius 1 is 1.33 bits per heavy atom. The molecule has 7 nitrogen and oxygen atoms in total. The zero-order chi connectivity index (χ0) is 19.2. The second kappa shape index (κ2) is 8.81. The minimum absolute atomic E-state index is 0.0162. The van der Waals surface area contributed by atoms with Crippen LogP contribution in [0.25, 0.3) is 0 Å². The molecule has 27 heavy (non-hydrogen) atoms. The molecule has 7 heteroatoms. The predicted molar refractivity (Wildman–Crippen MR) is 103 cm³/mol. The summed E-state index contributed by atoms with van der Waals surface area (Å²) in [5.41, 5.74) is 2.01. The second-order valence-electron chi connectivity index (χ2n) is 6.86. The van der Waals surface area contributed by atoms with E-state index in [-0.39, 0.29) is 17.9 Å². The van der Waals surface area contributed by atoms with E-state index in [1.54, 1.807) is 26.6 Å². The van der Waals surface area contributed by atoms with E-state index in [1.807, 2.05) is 31.2 Å². The van der Waals surface area contributed by atoms with Crippen LogP contribution in [0.4, 0.5) is 5.82 Å². The number of carbonyl (C=O) groups is 1. The Bertz CT molecular complexity index is 777. The van der Waals surface area contributed by atoms with Crippen molar-refractivity contribution in [3.05, 3.63) is 47.9 Å². The average Bonchev–Trinajstić information content (AvgIpc) is 2.61. The van der Waals surface area contributed by atoms with Crippen molar-refractivity contribution in [3.63, 3.8) is 0 Å². The molecule has 1 unspecified atom stereocenters. The first-order chi connectivity index (χ1) is 13.1. The van der Waals surface area contributed by atoms with Crippen LogP contribution in [0, 0.1) is 5.92 Å². The maximum Gasteiger partial charge on any atom is 0.226 e. The van der Waals surface area contributed by atoms with Gasteiger partial charge in [0.2, 0.25) is 5.91 Å². The molecule has 1 amide bonds. The first kappa shape index (κ1) is 19.1. The second-order valence-corrected chi connectivity index (χ2v) is 6.86. The Balaban J connectivity index is 1.56. The maximum atomic E-state index is 12.2. The molecular weight excluding hydrogens is 344 g/mol. The van der Waals surface area contributed by atoms with Gasteiger partial charge >= 0.3 is 0 Å². The van der Waals surface area contributed by atoms with Gasteiger partial charge in [-0.2, -0.15) is 0 Å². The lowest BCUT2D eigenvalue weighted by Crippen LogP contribution is -2.55. The first-order valence-corrected chi connectivity index (χ1v) is 9.07.